The van der Waals surface area contributed by atoms with Crippen molar-refractivity contribution in [2.24, 2.45) is 0 Å². The minimum Gasteiger partial charge on any atom is -0.481 e. The maximum Gasteiger partial charge on any atom is 0.305 e. The molecule has 0 fully saturated rings. The SMILES string of the molecule is COc1ccc(C(=O)N(CCC(=O)O)C(C)C)cn1. The molecular weight excluding hydrogens is 248 g/mol. The number of rotatable bonds is 6. The minimum absolute atomic E-state index is 0.0750. The highest BCUT2D eigenvalue weighted by molar-refractivity contribution is 5.94. The third kappa shape index (κ3) is 4.24. The van der Waals surface area contributed by atoms with Gasteiger partial charge in [-0.1, -0.05) is 0 Å². The van der Waals surface area contributed by atoms with Gasteiger partial charge in [-0.2, -0.15) is 0 Å². The normalized spacial score (nSPS) is 10.3. The topological polar surface area (TPSA) is 79.7 Å². The Hall–Kier alpha value is -2.11. The second-order valence-corrected chi connectivity index (χ2v) is 4.33. The first-order chi connectivity index (χ1) is 8.95. The van der Waals surface area contributed by atoms with Crippen molar-refractivity contribution in [3.63, 3.8) is 0 Å². The predicted molar refractivity (Wildman–Crippen MR) is 69.2 cm³/mol. The molecule has 0 saturated heterocycles. The number of amides is 1. The first-order valence-electron chi connectivity index (χ1n) is 5.98. The molecule has 19 heavy (non-hydrogen) atoms. The van der Waals surface area contributed by atoms with Gasteiger partial charge in [-0.25, -0.2) is 4.98 Å². The lowest BCUT2D eigenvalue weighted by molar-refractivity contribution is -0.137. The van der Waals surface area contributed by atoms with Crippen molar-refractivity contribution in [2.45, 2.75) is 26.3 Å². The van der Waals surface area contributed by atoms with E-state index in [1.165, 1.54) is 18.2 Å². The Bertz CT molecular complexity index is 442. The van der Waals surface area contributed by atoms with Gasteiger partial charge >= 0.3 is 5.97 Å². The van der Waals surface area contributed by atoms with Gasteiger partial charge in [0.05, 0.1) is 19.1 Å². The third-order valence-corrected chi connectivity index (χ3v) is 2.64. The zero-order valence-corrected chi connectivity index (χ0v) is 11.3. The molecule has 0 atom stereocenters. The van der Waals surface area contributed by atoms with E-state index >= 15 is 0 Å². The molecule has 0 radical (unpaired) electrons. The van der Waals surface area contributed by atoms with Crippen molar-refractivity contribution in [3.05, 3.63) is 23.9 Å². The van der Waals surface area contributed by atoms with Gasteiger partial charge in [0.1, 0.15) is 0 Å². The van der Waals surface area contributed by atoms with E-state index in [4.69, 9.17) is 9.84 Å². The summed E-state index contributed by atoms with van der Waals surface area (Å²) in [6, 6.07) is 3.14. The molecule has 6 heteroatoms. The average molecular weight is 266 g/mol. The fourth-order valence-electron chi connectivity index (χ4n) is 1.60. The molecule has 0 aliphatic carbocycles. The molecule has 0 spiro atoms. The van der Waals surface area contributed by atoms with Crippen LogP contribution in [0, 0.1) is 0 Å². The summed E-state index contributed by atoms with van der Waals surface area (Å²) in [5.74, 6) is -0.726. The first-order valence-corrected chi connectivity index (χ1v) is 5.98. The fraction of sp³-hybridized carbons (Fsp3) is 0.462. The summed E-state index contributed by atoms with van der Waals surface area (Å²) in [7, 11) is 1.50. The Morgan fingerprint density at radius 1 is 1.42 bits per heavy atom. The molecule has 1 rings (SSSR count). The van der Waals surface area contributed by atoms with E-state index in [9.17, 15) is 9.59 Å². The minimum atomic E-state index is -0.925. The van der Waals surface area contributed by atoms with Gasteiger partial charge in [-0.15, -0.1) is 0 Å². The van der Waals surface area contributed by atoms with E-state index in [0.717, 1.165) is 0 Å². The van der Waals surface area contributed by atoms with Crippen LogP contribution in [0.4, 0.5) is 0 Å². The van der Waals surface area contributed by atoms with Crippen LogP contribution in [-0.4, -0.2) is 46.6 Å². The Balaban J connectivity index is 2.82. The van der Waals surface area contributed by atoms with Crippen LogP contribution < -0.4 is 4.74 Å². The molecule has 0 bridgehead atoms. The fourth-order valence-corrected chi connectivity index (χ4v) is 1.60. The number of hydrogen-bond donors (Lipinski definition) is 1. The van der Waals surface area contributed by atoms with E-state index in [2.05, 4.69) is 4.98 Å². The van der Waals surface area contributed by atoms with Crippen LogP contribution in [0.15, 0.2) is 18.3 Å². The summed E-state index contributed by atoms with van der Waals surface area (Å²) in [6.07, 6.45) is 1.35. The van der Waals surface area contributed by atoms with Crippen molar-refractivity contribution in [1.82, 2.24) is 9.88 Å². The predicted octanol–water partition coefficient (Wildman–Crippen LogP) is 1.42. The summed E-state index contributed by atoms with van der Waals surface area (Å²) in [6.45, 7) is 3.87. The largest absolute Gasteiger partial charge is 0.481 e. The number of carboxylic acids is 1. The van der Waals surface area contributed by atoms with Crippen LogP contribution >= 0.6 is 0 Å². The number of nitrogens with zero attached hydrogens (tertiary/aromatic N) is 2. The highest BCUT2D eigenvalue weighted by Crippen LogP contribution is 2.11. The summed E-state index contributed by atoms with van der Waals surface area (Å²) in [4.78, 5) is 28.3. The molecule has 1 aromatic heterocycles. The number of carbonyl (C=O) groups is 2. The van der Waals surface area contributed by atoms with Crippen LogP contribution in [0.3, 0.4) is 0 Å². The van der Waals surface area contributed by atoms with Crippen LogP contribution in [0.5, 0.6) is 5.88 Å². The molecule has 0 aromatic carbocycles. The number of pyridine rings is 1. The summed E-state index contributed by atoms with van der Waals surface area (Å²) in [5.41, 5.74) is 0.417. The molecule has 104 valence electrons. The lowest BCUT2D eigenvalue weighted by atomic mass is 10.2. The summed E-state index contributed by atoms with van der Waals surface area (Å²) in [5, 5.41) is 8.70. The van der Waals surface area contributed by atoms with Crippen molar-refractivity contribution in [1.29, 1.82) is 0 Å². The Labute approximate surface area is 112 Å². The smallest absolute Gasteiger partial charge is 0.305 e. The van der Waals surface area contributed by atoms with E-state index in [1.807, 2.05) is 13.8 Å². The second kappa shape index (κ2) is 6.72. The van der Waals surface area contributed by atoms with Gasteiger partial charge in [-0.3, -0.25) is 9.59 Å². The lowest BCUT2D eigenvalue weighted by Crippen LogP contribution is -2.38. The molecule has 0 unspecified atom stereocenters. The highest BCUT2D eigenvalue weighted by Gasteiger charge is 2.19. The number of aliphatic carboxylic acids is 1. The number of aromatic nitrogens is 1. The zero-order chi connectivity index (χ0) is 14.4. The first kappa shape index (κ1) is 14.9. The van der Waals surface area contributed by atoms with Gasteiger partial charge in [0, 0.05) is 24.8 Å². The van der Waals surface area contributed by atoms with Crippen LogP contribution in [-0.2, 0) is 4.79 Å². The average Bonchev–Trinajstić information content (AvgIpc) is 2.38. The van der Waals surface area contributed by atoms with Crippen LogP contribution in [0.2, 0.25) is 0 Å². The van der Waals surface area contributed by atoms with Gasteiger partial charge < -0.3 is 14.7 Å². The standard InChI is InChI=1S/C13H18N2O4/c1-9(2)15(7-6-12(16)17)13(18)10-4-5-11(19-3)14-8-10/h4-5,8-9H,6-7H2,1-3H3,(H,16,17). The van der Waals surface area contributed by atoms with Crippen molar-refractivity contribution < 1.29 is 19.4 Å². The van der Waals surface area contributed by atoms with Crippen molar-refractivity contribution >= 4 is 11.9 Å². The van der Waals surface area contributed by atoms with Crippen LogP contribution in [0.1, 0.15) is 30.6 Å². The van der Waals surface area contributed by atoms with Gasteiger partial charge in [-0.05, 0) is 19.9 Å². The van der Waals surface area contributed by atoms with E-state index in [0.29, 0.717) is 11.4 Å². The van der Waals surface area contributed by atoms with Crippen molar-refractivity contribution in [3.8, 4) is 5.88 Å². The number of methoxy groups -OCH3 is 1. The highest BCUT2D eigenvalue weighted by atomic mass is 16.5. The maximum absolute atomic E-state index is 12.3. The van der Waals surface area contributed by atoms with E-state index in [-0.39, 0.29) is 24.9 Å². The molecule has 0 aliphatic heterocycles. The van der Waals surface area contributed by atoms with Gasteiger partial charge in [0.25, 0.3) is 5.91 Å². The molecule has 1 amide bonds. The second-order valence-electron chi connectivity index (χ2n) is 4.33. The molecule has 6 nitrogen and oxygen atoms in total. The Morgan fingerprint density at radius 2 is 2.11 bits per heavy atom. The van der Waals surface area contributed by atoms with E-state index in [1.54, 1.807) is 12.1 Å². The van der Waals surface area contributed by atoms with E-state index < -0.39 is 5.97 Å². The van der Waals surface area contributed by atoms with Gasteiger partial charge in [0.2, 0.25) is 5.88 Å². The number of ether oxygens (including phenoxy) is 1. The monoisotopic (exact) mass is 266 g/mol. The summed E-state index contributed by atoms with van der Waals surface area (Å²) < 4.78 is 4.92. The Morgan fingerprint density at radius 3 is 2.53 bits per heavy atom. The number of hydrogen-bond acceptors (Lipinski definition) is 4. The number of carbonyl (C=O) groups excluding carboxylic acids is 1. The van der Waals surface area contributed by atoms with Crippen LogP contribution in [0.25, 0.3) is 0 Å². The maximum atomic E-state index is 12.3. The summed E-state index contributed by atoms with van der Waals surface area (Å²) >= 11 is 0. The lowest BCUT2D eigenvalue weighted by Gasteiger charge is -2.26. The molecule has 0 saturated carbocycles. The molecule has 1 aromatic rings. The third-order valence-electron chi connectivity index (χ3n) is 2.64. The number of carboxylic acid groups (broad SMARTS) is 1. The van der Waals surface area contributed by atoms with Crippen molar-refractivity contribution in [2.75, 3.05) is 13.7 Å². The zero-order valence-electron chi connectivity index (χ0n) is 11.3. The molecule has 1 N–H and O–H groups in total. The molecule has 1 heterocycles. The van der Waals surface area contributed by atoms with Gasteiger partial charge in [0.15, 0.2) is 0 Å². The quantitative estimate of drug-likeness (QED) is 0.842. The molecule has 0 aliphatic rings. The molecular formula is C13H18N2O4. The Kier molecular flexibility index (Phi) is 5.29.